The van der Waals surface area contributed by atoms with Gasteiger partial charge in [-0.3, -0.25) is 9.59 Å². The second-order valence-corrected chi connectivity index (χ2v) is 39.3. The van der Waals surface area contributed by atoms with Crippen LogP contribution in [-0.4, -0.2) is 303 Å². The van der Waals surface area contributed by atoms with Crippen molar-refractivity contribution in [3.05, 3.63) is 131 Å². The predicted molar refractivity (Wildman–Crippen MR) is 469 cm³/mol. The van der Waals surface area contributed by atoms with E-state index in [-0.39, 0.29) is 34.5 Å². The summed E-state index contributed by atoms with van der Waals surface area (Å²) < 4.78 is 170. The second kappa shape index (κ2) is 40.4. The van der Waals surface area contributed by atoms with E-state index < -0.39 is 285 Å². The highest BCUT2D eigenvalue weighted by Crippen LogP contribution is 2.51. The van der Waals surface area contributed by atoms with Crippen molar-refractivity contribution in [3.63, 3.8) is 0 Å². The number of unbranched alkanes of at least 4 members (excludes halogenated alkanes) is 4. The van der Waals surface area contributed by atoms with Gasteiger partial charge in [-0.1, -0.05) is 88.4 Å². The minimum atomic E-state index is -1.23. The van der Waals surface area contributed by atoms with Crippen LogP contribution in [-0.2, 0) is 180 Å². The highest BCUT2D eigenvalue weighted by Gasteiger charge is 2.71. The summed E-state index contributed by atoms with van der Waals surface area (Å²) >= 11 is 0. The van der Waals surface area contributed by atoms with Crippen LogP contribution in [0.15, 0.2) is 97.6 Å². The largest absolute Gasteiger partial charge is 0.504 e. The molecule has 4 aromatic carbocycles. The molecule has 0 amide bonds. The number of ether oxygens (including phenoxy) is 31. The standard InChI is InChI=1S/C19H30O7.C18H18O7.C17H18O9.C17H18O7.C16H17NO7.C11H14O7/c1-5-6-7-8-9-10-11(2)16(20)23-14-12-13(22-17(14)21)15-18(24-12)26-19(3,4)25-15;1-4-9-5-7-10(8-6-9)15(19)22-13-11-12(21-16(13)20)14-17(23-11)25-18(2,3)24-14;1-17(2)25-13-11-10(24-16(13)26-17)12(15(20)22-11)23-14(19)7-4-5-8(18)9(6-7)21-3;1-8-4-6-9(7-5-8)14(18)21-12-10-11(20-15(12)19)13-16(22-10)24-17(2,3)23-13;1-16(2)23-12-10-9(22-15(12)24-16)11(14(19)20-10)21-13(18)7-3-5-8(17)6-4-7;1-4(12)14-7-5-6(15-9(7)13)8-10(16-5)18-11(2,3)17-8/h11-15,18H,5-10H2,1-4H3;4-8,11-14,17H,1H2,2-3H3;4-6,10-13,16,18H,1-3H3;4-7,10-13,16H,1-3H3;3-6,9-12,15H,17H2,1-2H3;5-8,10H,1-3H3. The Labute approximate surface area is 818 Å². The van der Waals surface area contributed by atoms with Crippen LogP contribution in [0.25, 0.3) is 6.08 Å². The van der Waals surface area contributed by atoms with Crippen molar-refractivity contribution < 1.29 is 209 Å². The molecule has 31 unspecified atom stereocenters. The van der Waals surface area contributed by atoms with Crippen LogP contribution >= 0.6 is 0 Å². The Kier molecular flexibility index (Phi) is 29.2. The zero-order valence-corrected chi connectivity index (χ0v) is 81.2. The number of phenols is 1. The Morgan fingerprint density at radius 3 is 0.916 bits per heavy atom. The molecule has 18 aliphatic rings. The van der Waals surface area contributed by atoms with Crippen molar-refractivity contribution in [2.75, 3.05) is 12.8 Å². The van der Waals surface area contributed by atoms with Crippen LogP contribution < -0.4 is 10.5 Å². The van der Waals surface area contributed by atoms with Gasteiger partial charge in [0.05, 0.1) is 35.3 Å². The molecule has 18 fully saturated rings. The molecular formula is C98H115NO44. The van der Waals surface area contributed by atoms with Gasteiger partial charge in [0.15, 0.2) is 157 Å². The number of aryl methyl sites for hydroxylation is 1. The van der Waals surface area contributed by atoms with Crippen molar-refractivity contribution in [1.29, 1.82) is 0 Å². The molecule has 4 aromatic rings. The van der Waals surface area contributed by atoms with E-state index in [4.69, 9.17) is 153 Å². The van der Waals surface area contributed by atoms with Gasteiger partial charge in [0, 0.05) is 12.6 Å². The first-order valence-electron chi connectivity index (χ1n) is 47.1. The quantitative estimate of drug-likeness (QED) is 0.0425. The molecule has 0 bridgehead atoms. The molecule has 0 aromatic heterocycles. The number of methoxy groups -OCH3 is 1. The molecule has 0 saturated carbocycles. The number of nitrogens with two attached hydrogens (primary N) is 1. The summed E-state index contributed by atoms with van der Waals surface area (Å²) in [5.41, 5.74) is 9.10. The molecule has 0 spiro atoms. The van der Waals surface area contributed by atoms with Crippen LogP contribution in [0.1, 0.15) is 195 Å². The minimum Gasteiger partial charge on any atom is -0.504 e. The molecule has 3 N–H and O–H groups in total. The van der Waals surface area contributed by atoms with Crippen LogP contribution in [0, 0.1) is 12.8 Å². The fourth-order valence-electron chi connectivity index (χ4n) is 19.2. The first kappa shape index (κ1) is 103. The third kappa shape index (κ3) is 21.9. The number of hydrogen-bond donors (Lipinski definition) is 2. The van der Waals surface area contributed by atoms with E-state index in [0.29, 0.717) is 16.8 Å². The molecule has 45 heteroatoms. The van der Waals surface area contributed by atoms with E-state index in [2.05, 4.69) is 13.5 Å². The highest BCUT2D eigenvalue weighted by atomic mass is 16.9. The van der Waals surface area contributed by atoms with E-state index in [1.54, 1.807) is 150 Å². The summed E-state index contributed by atoms with van der Waals surface area (Å²) in [5, 5.41) is 9.60. The maximum absolute atomic E-state index is 12.4. The second-order valence-electron chi connectivity index (χ2n) is 39.3. The number of aromatic hydroxyl groups is 1. The van der Waals surface area contributed by atoms with E-state index >= 15 is 0 Å². The molecule has 776 valence electrons. The molecule has 45 nitrogen and oxygen atoms in total. The van der Waals surface area contributed by atoms with Crippen molar-refractivity contribution in [2.24, 2.45) is 5.92 Å². The average molecular weight is 2010 g/mol. The summed E-state index contributed by atoms with van der Waals surface area (Å²) in [7, 11) is 1.36. The van der Waals surface area contributed by atoms with Crippen LogP contribution in [0.4, 0.5) is 5.69 Å². The number of fused-ring (bicyclic) bond motifs is 18. The third-order valence-electron chi connectivity index (χ3n) is 25.7. The van der Waals surface area contributed by atoms with Crippen molar-refractivity contribution >= 4 is 83.4 Å². The lowest BCUT2D eigenvalue weighted by Gasteiger charge is -2.22. The van der Waals surface area contributed by atoms with Gasteiger partial charge < -0.3 is 158 Å². The number of anilines is 1. The number of phenolic OH excluding ortho intramolecular Hbond substituents is 1. The fourth-order valence-corrected chi connectivity index (χ4v) is 19.2. The summed E-state index contributed by atoms with van der Waals surface area (Å²) in [6, 6.07) is 23.7. The van der Waals surface area contributed by atoms with Gasteiger partial charge in [-0.25, -0.2) is 47.9 Å². The van der Waals surface area contributed by atoms with Crippen LogP contribution in [0.5, 0.6) is 11.5 Å². The molecule has 0 radical (unpaired) electrons. The number of carbonyl (C=O) groups excluding carboxylic acids is 12. The summed E-state index contributed by atoms with van der Waals surface area (Å²) in [6.07, 6.45) is -13.8. The first-order chi connectivity index (χ1) is 67.5. The normalized spacial score (nSPS) is 36.5. The molecular weight excluding hydrogens is 1900 g/mol. The summed E-state index contributed by atoms with van der Waals surface area (Å²) in [4.78, 5) is 145. The van der Waals surface area contributed by atoms with Crippen LogP contribution in [0.2, 0.25) is 0 Å². The lowest BCUT2D eigenvalue weighted by Crippen LogP contribution is -2.38. The minimum absolute atomic E-state index is 0.113. The van der Waals surface area contributed by atoms with E-state index in [9.17, 15) is 62.6 Å². The van der Waals surface area contributed by atoms with E-state index in [1.165, 1.54) is 63.6 Å². The number of carbonyl (C=O) groups is 12. The lowest BCUT2D eigenvalue weighted by molar-refractivity contribution is -0.217. The summed E-state index contributed by atoms with van der Waals surface area (Å²) in [5.74, 6) is -12.5. The monoisotopic (exact) mass is 2010 g/mol. The van der Waals surface area contributed by atoms with Crippen LogP contribution in [0.3, 0.4) is 0 Å². The number of hydrogen-bond acceptors (Lipinski definition) is 45. The van der Waals surface area contributed by atoms with E-state index in [0.717, 1.165) is 30.4 Å². The van der Waals surface area contributed by atoms with Crippen molar-refractivity contribution in [2.45, 2.75) is 368 Å². The highest BCUT2D eigenvalue weighted by molar-refractivity contribution is 5.95. The summed E-state index contributed by atoms with van der Waals surface area (Å²) in [6.45, 7) is 31.9. The number of benzene rings is 4. The number of rotatable bonds is 19. The van der Waals surface area contributed by atoms with Gasteiger partial charge in [0.1, 0.15) is 36.6 Å². The van der Waals surface area contributed by atoms with Crippen molar-refractivity contribution in [3.8, 4) is 11.5 Å². The Hall–Kier alpha value is -11.1. The van der Waals surface area contributed by atoms with E-state index in [1.807, 2.05) is 13.8 Å². The zero-order chi connectivity index (χ0) is 102. The smallest absolute Gasteiger partial charge is 0.350 e. The predicted octanol–water partition coefficient (Wildman–Crippen LogP) is 6.72. The molecule has 18 saturated heterocycles. The van der Waals surface area contributed by atoms with Crippen molar-refractivity contribution in [1.82, 2.24) is 0 Å². The Balaban J connectivity index is 0.000000118. The Bertz CT molecular complexity index is 5370. The molecule has 0 aliphatic carbocycles. The van der Waals surface area contributed by atoms with Gasteiger partial charge in [-0.15, -0.1) is 0 Å². The molecule has 22 rings (SSSR count). The topological polar surface area (TPSA) is 537 Å². The van der Waals surface area contributed by atoms with Gasteiger partial charge in [-0.05, 0) is 169 Å². The molecule has 143 heavy (non-hydrogen) atoms. The molecule has 31 atom stereocenters. The fraction of sp³-hybridized carbons (Fsp3) is 0.612. The maximum atomic E-state index is 12.4. The van der Waals surface area contributed by atoms with Gasteiger partial charge in [0.25, 0.3) is 0 Å². The molecule has 18 aliphatic heterocycles. The van der Waals surface area contributed by atoms with Gasteiger partial charge >= 0.3 is 71.6 Å². The van der Waals surface area contributed by atoms with Gasteiger partial charge in [0.2, 0.25) is 36.6 Å². The lowest BCUT2D eigenvalue weighted by atomic mass is 10.0. The SMILES string of the molecule is C=Cc1ccc(C(=O)OC2C(=O)OC3C4OC(C)(C)OC4OC23)cc1.CC(=O)OC1C(=O)OC2C3OC(C)(C)OC3OC12.CC1(C)OC2OC3C(OC(=O)c4ccc(N)cc4)C(=O)OC3C2O1.CCCCCCCC(C)C(=O)OC1C(=O)OC2C3OC(C)(C)OC3OC12.COc1cc(C(=O)OC2C(=O)OC3C4OC(C)(C)OC4OC23)ccc1O.Cc1ccc(C(=O)OC2C(=O)OC3C4OC(C)(C)OC4OC23)cc1. The number of esters is 12. The average Bonchev–Trinajstić information content (AvgIpc) is 1.62. The maximum Gasteiger partial charge on any atom is 0.350 e. The Morgan fingerprint density at radius 2 is 0.629 bits per heavy atom. The molecule has 18 heterocycles. The zero-order valence-electron chi connectivity index (χ0n) is 81.2. The Morgan fingerprint density at radius 1 is 0.364 bits per heavy atom. The first-order valence-corrected chi connectivity index (χ1v) is 47.1. The van der Waals surface area contributed by atoms with Gasteiger partial charge in [-0.2, -0.15) is 0 Å². The third-order valence-corrected chi connectivity index (χ3v) is 25.7. The number of nitrogen functional groups attached to an aromatic ring is 1.